The van der Waals surface area contributed by atoms with E-state index in [1.54, 1.807) is 17.1 Å². The van der Waals surface area contributed by atoms with Crippen LogP contribution < -0.4 is 0 Å². The van der Waals surface area contributed by atoms with Crippen molar-refractivity contribution in [2.75, 3.05) is 26.3 Å². The van der Waals surface area contributed by atoms with Gasteiger partial charge < -0.3 is 24.4 Å². The molecule has 0 aromatic rings. The lowest BCUT2D eigenvalue weighted by atomic mass is 9.66. The summed E-state index contributed by atoms with van der Waals surface area (Å²) in [4.78, 5) is 45.6. The van der Waals surface area contributed by atoms with Gasteiger partial charge in [-0.1, -0.05) is 44.3 Å². The number of fused-ring (bicyclic) bond motifs is 1. The van der Waals surface area contributed by atoms with E-state index in [0.717, 1.165) is 51.4 Å². The van der Waals surface area contributed by atoms with Crippen molar-refractivity contribution in [3.63, 3.8) is 0 Å². The molecule has 3 aliphatic heterocycles. The van der Waals surface area contributed by atoms with E-state index < -0.39 is 35.0 Å². The van der Waals surface area contributed by atoms with Crippen LogP contribution in [0.25, 0.3) is 0 Å². The van der Waals surface area contributed by atoms with Gasteiger partial charge in [0.25, 0.3) is 0 Å². The van der Waals surface area contributed by atoms with Crippen LogP contribution in [0.4, 0.5) is 0 Å². The van der Waals surface area contributed by atoms with Gasteiger partial charge in [0.2, 0.25) is 11.8 Å². The van der Waals surface area contributed by atoms with Gasteiger partial charge >= 0.3 is 5.97 Å². The number of hydrogen-bond donors (Lipinski definition) is 1. The molecule has 5 atom stereocenters. The Balaban J connectivity index is 1.66. The minimum absolute atomic E-state index is 0.0760. The van der Waals surface area contributed by atoms with E-state index in [1.165, 1.54) is 6.42 Å². The third-order valence-electron chi connectivity index (χ3n) is 9.26. The summed E-state index contributed by atoms with van der Waals surface area (Å²) in [6.07, 6.45) is 13.6. The number of nitrogens with zero attached hydrogens (tertiary/aromatic N) is 2. The van der Waals surface area contributed by atoms with Crippen molar-refractivity contribution < 1.29 is 29.0 Å². The quantitative estimate of drug-likeness (QED) is 0.209. The Bertz CT molecular complexity index is 901. The van der Waals surface area contributed by atoms with Crippen molar-refractivity contribution in [3.05, 3.63) is 25.3 Å². The molecule has 8 heteroatoms. The third kappa shape index (κ3) is 5.18. The van der Waals surface area contributed by atoms with Gasteiger partial charge in [-0.15, -0.1) is 13.2 Å². The fraction of sp³-hybridized carbons (Fsp3) is 0.767. The highest BCUT2D eigenvalue weighted by atomic mass is 16.6. The summed E-state index contributed by atoms with van der Waals surface area (Å²) in [5, 5.41) is 9.14. The molecule has 3 saturated heterocycles. The van der Waals surface area contributed by atoms with Crippen molar-refractivity contribution in [2.45, 2.75) is 107 Å². The normalized spacial score (nSPS) is 32.3. The predicted octanol–water partition coefficient (Wildman–Crippen LogP) is 3.77. The van der Waals surface area contributed by atoms with Crippen LogP contribution in [0.15, 0.2) is 25.3 Å². The molecule has 1 saturated carbocycles. The highest BCUT2D eigenvalue weighted by Gasteiger charge is 2.78. The molecule has 1 spiro atoms. The van der Waals surface area contributed by atoms with E-state index in [-0.39, 0.29) is 31.1 Å². The molecule has 3 heterocycles. The first-order valence-electron chi connectivity index (χ1n) is 14.6. The Labute approximate surface area is 227 Å². The molecule has 0 aromatic heterocycles. The summed E-state index contributed by atoms with van der Waals surface area (Å²) in [5.74, 6) is -2.11. The van der Waals surface area contributed by atoms with Gasteiger partial charge in [0.1, 0.15) is 17.6 Å². The first-order chi connectivity index (χ1) is 18.3. The van der Waals surface area contributed by atoms with Crippen molar-refractivity contribution in [1.82, 2.24) is 9.80 Å². The Morgan fingerprint density at radius 1 is 1.13 bits per heavy atom. The van der Waals surface area contributed by atoms with Crippen molar-refractivity contribution in [2.24, 2.45) is 11.8 Å². The smallest absolute Gasteiger partial charge is 0.312 e. The van der Waals surface area contributed by atoms with Gasteiger partial charge in [-0.2, -0.15) is 0 Å². The zero-order valence-corrected chi connectivity index (χ0v) is 23.1. The first-order valence-corrected chi connectivity index (χ1v) is 14.6. The molecule has 4 rings (SSSR count). The average molecular weight is 531 g/mol. The van der Waals surface area contributed by atoms with E-state index in [0.29, 0.717) is 32.4 Å². The molecule has 2 bridgehead atoms. The maximum absolute atomic E-state index is 14.5. The maximum Gasteiger partial charge on any atom is 0.312 e. The van der Waals surface area contributed by atoms with Crippen LogP contribution in [-0.2, 0) is 23.9 Å². The highest BCUT2D eigenvalue weighted by molar-refractivity contribution is 5.98. The number of ether oxygens (including phenoxy) is 2. The average Bonchev–Trinajstić information content (AvgIpc) is 3.48. The number of amides is 2. The van der Waals surface area contributed by atoms with E-state index in [2.05, 4.69) is 13.2 Å². The molecule has 4 fully saturated rings. The van der Waals surface area contributed by atoms with Gasteiger partial charge in [0.15, 0.2) is 0 Å². The number of esters is 1. The molecule has 1 N–H and O–H groups in total. The Morgan fingerprint density at radius 2 is 1.87 bits per heavy atom. The summed E-state index contributed by atoms with van der Waals surface area (Å²) >= 11 is 0. The molecule has 0 aromatic carbocycles. The zero-order chi connectivity index (χ0) is 27.3. The second-order valence-electron chi connectivity index (χ2n) is 11.7. The first kappa shape index (κ1) is 28.8. The second-order valence-corrected chi connectivity index (χ2v) is 11.7. The minimum Gasteiger partial charge on any atom is -0.465 e. The fourth-order valence-corrected chi connectivity index (χ4v) is 7.49. The summed E-state index contributed by atoms with van der Waals surface area (Å²) in [5.41, 5.74) is -1.85. The predicted molar refractivity (Wildman–Crippen MR) is 144 cm³/mol. The summed E-state index contributed by atoms with van der Waals surface area (Å²) in [6, 6.07) is -0.632. The van der Waals surface area contributed by atoms with Gasteiger partial charge in [0.05, 0.1) is 18.1 Å². The largest absolute Gasteiger partial charge is 0.465 e. The molecule has 2 amide bonds. The lowest BCUT2D eigenvalue weighted by Crippen LogP contribution is -2.58. The van der Waals surface area contributed by atoms with Crippen LogP contribution in [0.3, 0.4) is 0 Å². The number of aliphatic hydroxyl groups is 1. The molecule has 212 valence electrons. The zero-order valence-electron chi connectivity index (χ0n) is 23.1. The van der Waals surface area contributed by atoms with Crippen LogP contribution >= 0.6 is 0 Å². The number of rotatable bonds is 14. The van der Waals surface area contributed by atoms with Gasteiger partial charge in [-0.3, -0.25) is 14.4 Å². The van der Waals surface area contributed by atoms with Gasteiger partial charge in [0, 0.05) is 25.7 Å². The highest BCUT2D eigenvalue weighted by Crippen LogP contribution is 2.63. The van der Waals surface area contributed by atoms with Crippen LogP contribution in [0.5, 0.6) is 0 Å². The summed E-state index contributed by atoms with van der Waals surface area (Å²) in [7, 11) is 0. The van der Waals surface area contributed by atoms with Gasteiger partial charge in [-0.05, 0) is 51.9 Å². The lowest BCUT2D eigenvalue weighted by molar-refractivity contribution is -0.160. The van der Waals surface area contributed by atoms with Crippen molar-refractivity contribution in [3.8, 4) is 0 Å². The SMILES string of the molecule is C=CCCOC(=O)[C@@H]1[C@H]2C(=O)N(CCCCCCO)C(C(=O)N(CC=C)C3CCCCC3)C23CC[C@@]1(C)O3. The van der Waals surface area contributed by atoms with Crippen LogP contribution in [0.2, 0.25) is 0 Å². The minimum atomic E-state index is -1.02. The Hall–Kier alpha value is -2.19. The molecule has 8 nitrogen and oxygen atoms in total. The van der Waals surface area contributed by atoms with Crippen molar-refractivity contribution in [1.29, 1.82) is 0 Å². The number of hydrogen-bond acceptors (Lipinski definition) is 6. The van der Waals surface area contributed by atoms with E-state index in [4.69, 9.17) is 14.6 Å². The van der Waals surface area contributed by atoms with Crippen LogP contribution in [0, 0.1) is 11.8 Å². The molecular formula is C30H46N2O6. The number of aliphatic hydroxyl groups excluding tert-OH is 1. The standard InChI is InChI=1S/C30H46N2O6/c1-4-6-21-37-28(36)24-23-26(34)32(19-12-7-8-13-20-33)25(30(23)17-16-29(24,3)38-30)27(35)31(18-5-2)22-14-10-9-11-15-22/h4-5,22-25,33H,1-2,6-21H2,3H3/t23-,24-,25?,29+,30?/m0/s1. The molecule has 2 unspecified atom stereocenters. The maximum atomic E-state index is 14.5. The molecule has 4 aliphatic rings. The second kappa shape index (κ2) is 12.3. The Kier molecular flexibility index (Phi) is 9.35. The fourth-order valence-electron chi connectivity index (χ4n) is 7.49. The number of carbonyl (C=O) groups is 3. The summed E-state index contributed by atoms with van der Waals surface area (Å²) < 4.78 is 12.3. The van der Waals surface area contributed by atoms with Crippen molar-refractivity contribution >= 4 is 17.8 Å². The lowest BCUT2D eigenvalue weighted by Gasteiger charge is -2.40. The van der Waals surface area contributed by atoms with Crippen LogP contribution in [0.1, 0.15) is 84.0 Å². The number of unbranched alkanes of at least 4 members (excludes halogenated alkanes) is 3. The van der Waals surface area contributed by atoms with E-state index in [1.807, 2.05) is 11.8 Å². The molecule has 38 heavy (non-hydrogen) atoms. The molecular weight excluding hydrogens is 484 g/mol. The van der Waals surface area contributed by atoms with E-state index in [9.17, 15) is 14.4 Å². The Morgan fingerprint density at radius 3 is 2.55 bits per heavy atom. The number of likely N-dealkylation sites (tertiary alicyclic amines) is 1. The molecule has 1 aliphatic carbocycles. The van der Waals surface area contributed by atoms with Gasteiger partial charge in [-0.25, -0.2) is 0 Å². The number of carbonyl (C=O) groups excluding carboxylic acids is 3. The monoisotopic (exact) mass is 530 g/mol. The molecule has 0 radical (unpaired) electrons. The topological polar surface area (TPSA) is 96.4 Å². The van der Waals surface area contributed by atoms with E-state index >= 15 is 0 Å². The summed E-state index contributed by atoms with van der Waals surface area (Å²) in [6.45, 7) is 10.7. The van der Waals surface area contributed by atoms with Crippen LogP contribution in [-0.4, -0.2) is 82.3 Å². The third-order valence-corrected chi connectivity index (χ3v) is 9.26.